The quantitative estimate of drug-likeness (QED) is 0.781. The Labute approximate surface area is 149 Å². The van der Waals surface area contributed by atoms with Gasteiger partial charge in [0.15, 0.2) is 0 Å². The predicted molar refractivity (Wildman–Crippen MR) is 97.1 cm³/mol. The molecule has 0 aliphatic carbocycles. The van der Waals surface area contributed by atoms with Crippen LogP contribution in [-0.2, 0) is 4.79 Å². The molecule has 0 bridgehead atoms. The van der Waals surface area contributed by atoms with Gasteiger partial charge < -0.3 is 19.8 Å². The number of hydrogen-bond acceptors (Lipinski definition) is 4. The van der Waals surface area contributed by atoms with Crippen molar-refractivity contribution in [2.45, 2.75) is 26.8 Å². The molecule has 138 valence electrons. The first-order valence-corrected chi connectivity index (χ1v) is 8.64. The van der Waals surface area contributed by atoms with Crippen molar-refractivity contribution in [3.63, 3.8) is 0 Å². The van der Waals surface area contributed by atoms with Crippen molar-refractivity contribution in [3.05, 3.63) is 44.5 Å². The van der Waals surface area contributed by atoms with Crippen molar-refractivity contribution < 1.29 is 9.59 Å². The summed E-state index contributed by atoms with van der Waals surface area (Å²) in [7, 11) is 0. The summed E-state index contributed by atoms with van der Waals surface area (Å²) < 4.78 is 0. The van der Waals surface area contributed by atoms with Gasteiger partial charge in [0.1, 0.15) is 6.04 Å². The summed E-state index contributed by atoms with van der Waals surface area (Å²) in [4.78, 5) is 56.5. The van der Waals surface area contributed by atoms with E-state index in [1.807, 2.05) is 0 Å². The highest BCUT2D eigenvalue weighted by molar-refractivity contribution is 6.00. The number of benzene rings is 1. The van der Waals surface area contributed by atoms with Gasteiger partial charge in [-0.1, -0.05) is 13.8 Å². The molecule has 1 aliphatic rings. The van der Waals surface area contributed by atoms with Crippen LogP contribution < -0.4 is 11.1 Å². The summed E-state index contributed by atoms with van der Waals surface area (Å²) in [5.74, 6) is 0.0358. The Balaban J connectivity index is 1.86. The van der Waals surface area contributed by atoms with Gasteiger partial charge in [-0.3, -0.25) is 19.2 Å². The van der Waals surface area contributed by atoms with Crippen LogP contribution in [0.1, 0.15) is 31.1 Å². The number of nitrogens with zero attached hydrogens (tertiary/aromatic N) is 2. The average molecular weight is 358 g/mol. The minimum absolute atomic E-state index is 0.0585. The fraction of sp³-hybridized carbons (Fsp3) is 0.444. The number of piperazine rings is 1. The topological polar surface area (TPSA) is 106 Å². The van der Waals surface area contributed by atoms with Gasteiger partial charge in [0.25, 0.3) is 5.91 Å². The van der Waals surface area contributed by atoms with E-state index in [-0.39, 0.29) is 11.8 Å². The second kappa shape index (κ2) is 6.78. The molecule has 1 aromatic carbocycles. The third-order valence-electron chi connectivity index (χ3n) is 4.56. The number of carbonyl (C=O) groups is 2. The normalized spacial score (nSPS) is 18.0. The summed E-state index contributed by atoms with van der Waals surface area (Å²) in [5.41, 5.74) is -0.336. The maximum absolute atomic E-state index is 12.9. The Morgan fingerprint density at radius 1 is 1.12 bits per heavy atom. The Morgan fingerprint density at radius 2 is 1.77 bits per heavy atom. The second-order valence-electron chi connectivity index (χ2n) is 7.02. The van der Waals surface area contributed by atoms with E-state index in [1.54, 1.807) is 28.9 Å². The van der Waals surface area contributed by atoms with Crippen LogP contribution >= 0.6 is 0 Å². The minimum atomic E-state index is -0.770. The first-order chi connectivity index (χ1) is 12.3. The van der Waals surface area contributed by atoms with E-state index in [2.05, 4.69) is 23.8 Å². The molecule has 0 saturated carbocycles. The van der Waals surface area contributed by atoms with Crippen LogP contribution in [0.3, 0.4) is 0 Å². The molecule has 1 aliphatic heterocycles. The van der Waals surface area contributed by atoms with Crippen LogP contribution in [0.2, 0.25) is 0 Å². The summed E-state index contributed by atoms with van der Waals surface area (Å²) >= 11 is 0. The van der Waals surface area contributed by atoms with E-state index >= 15 is 0 Å². The molecule has 2 amide bonds. The maximum Gasteiger partial charge on any atom is 0.314 e. The maximum atomic E-state index is 12.9. The van der Waals surface area contributed by atoms with E-state index in [9.17, 15) is 19.2 Å². The van der Waals surface area contributed by atoms with Crippen LogP contribution in [-0.4, -0.2) is 57.3 Å². The number of fused-ring (bicyclic) bond motifs is 1. The lowest BCUT2D eigenvalue weighted by atomic mass is 10.1. The molecular formula is C18H22N4O4. The first kappa shape index (κ1) is 17.9. The summed E-state index contributed by atoms with van der Waals surface area (Å²) in [6.07, 6.45) is 0. The molecule has 2 heterocycles. The molecule has 2 aromatic rings. The molecule has 0 unspecified atom stereocenters. The molecule has 1 fully saturated rings. The predicted octanol–water partition coefficient (Wildman–Crippen LogP) is 0.545. The van der Waals surface area contributed by atoms with Crippen LogP contribution in [0.5, 0.6) is 0 Å². The zero-order chi connectivity index (χ0) is 19.0. The van der Waals surface area contributed by atoms with Crippen molar-refractivity contribution >= 4 is 22.8 Å². The smallest absolute Gasteiger partial charge is 0.314 e. The van der Waals surface area contributed by atoms with Crippen LogP contribution in [0.25, 0.3) is 11.0 Å². The SMILES string of the molecule is CC(C)CN1CCN(C(=O)c2ccc3[nH]c(=O)c(=O)[nH]c3c2)[C@@H](C)C1=O. The fourth-order valence-corrected chi connectivity index (χ4v) is 3.24. The number of hydrogen-bond donors (Lipinski definition) is 2. The van der Waals surface area contributed by atoms with Crippen molar-refractivity contribution in [3.8, 4) is 0 Å². The van der Waals surface area contributed by atoms with E-state index in [0.717, 1.165) is 0 Å². The van der Waals surface area contributed by atoms with Gasteiger partial charge in [-0.15, -0.1) is 0 Å². The van der Waals surface area contributed by atoms with Gasteiger partial charge in [0.05, 0.1) is 11.0 Å². The monoisotopic (exact) mass is 358 g/mol. The second-order valence-corrected chi connectivity index (χ2v) is 7.02. The van der Waals surface area contributed by atoms with E-state index < -0.39 is 17.2 Å². The largest absolute Gasteiger partial charge is 0.339 e. The van der Waals surface area contributed by atoms with Crippen molar-refractivity contribution in [2.24, 2.45) is 5.92 Å². The van der Waals surface area contributed by atoms with Gasteiger partial charge >= 0.3 is 11.1 Å². The number of aromatic nitrogens is 2. The molecule has 26 heavy (non-hydrogen) atoms. The van der Waals surface area contributed by atoms with E-state index in [1.165, 1.54) is 6.07 Å². The highest BCUT2D eigenvalue weighted by atomic mass is 16.2. The third-order valence-corrected chi connectivity index (χ3v) is 4.56. The molecule has 1 atom stereocenters. The fourth-order valence-electron chi connectivity index (χ4n) is 3.24. The zero-order valence-electron chi connectivity index (χ0n) is 15.0. The van der Waals surface area contributed by atoms with Gasteiger partial charge in [0.2, 0.25) is 5.91 Å². The molecule has 2 N–H and O–H groups in total. The number of amides is 2. The summed E-state index contributed by atoms with van der Waals surface area (Å²) in [6, 6.07) is 4.13. The molecule has 0 radical (unpaired) electrons. The number of H-pyrrole nitrogens is 2. The molecule has 8 nitrogen and oxygen atoms in total. The number of rotatable bonds is 3. The number of carbonyl (C=O) groups excluding carboxylic acids is 2. The lowest BCUT2D eigenvalue weighted by Crippen LogP contribution is -2.58. The van der Waals surface area contributed by atoms with Gasteiger partial charge in [-0.25, -0.2) is 0 Å². The lowest BCUT2D eigenvalue weighted by molar-refractivity contribution is -0.140. The molecule has 3 rings (SSSR count). The average Bonchev–Trinajstić information content (AvgIpc) is 2.59. The zero-order valence-corrected chi connectivity index (χ0v) is 15.0. The molecule has 0 spiro atoms. The standard InChI is InChI=1S/C18H22N4O4/c1-10(2)9-21-6-7-22(11(3)17(21)25)18(26)12-4-5-13-14(8-12)20-16(24)15(23)19-13/h4-5,8,10-11H,6-7,9H2,1-3H3,(H,19,23)(H,20,24)/t11-/m0/s1. The Bertz CT molecular complexity index is 975. The minimum Gasteiger partial charge on any atom is -0.339 e. The van der Waals surface area contributed by atoms with Gasteiger partial charge in [-0.05, 0) is 31.0 Å². The molecule has 1 saturated heterocycles. The highest BCUT2D eigenvalue weighted by Gasteiger charge is 2.34. The van der Waals surface area contributed by atoms with Gasteiger partial charge in [-0.2, -0.15) is 0 Å². The Hall–Kier alpha value is -2.90. The van der Waals surface area contributed by atoms with Gasteiger partial charge in [0, 0.05) is 25.2 Å². The Morgan fingerprint density at radius 3 is 2.42 bits per heavy atom. The van der Waals surface area contributed by atoms with E-state index in [4.69, 9.17) is 0 Å². The van der Waals surface area contributed by atoms with Crippen LogP contribution in [0.15, 0.2) is 27.8 Å². The van der Waals surface area contributed by atoms with Crippen molar-refractivity contribution in [1.29, 1.82) is 0 Å². The third kappa shape index (κ3) is 3.26. The van der Waals surface area contributed by atoms with Crippen molar-refractivity contribution in [2.75, 3.05) is 19.6 Å². The summed E-state index contributed by atoms with van der Waals surface area (Å²) in [5, 5.41) is 0. The highest BCUT2D eigenvalue weighted by Crippen LogP contribution is 2.18. The Kier molecular flexibility index (Phi) is 4.67. The number of aromatic amines is 2. The van der Waals surface area contributed by atoms with Crippen molar-refractivity contribution in [1.82, 2.24) is 19.8 Å². The molecular weight excluding hydrogens is 336 g/mol. The van der Waals surface area contributed by atoms with Crippen LogP contribution in [0.4, 0.5) is 0 Å². The molecule has 1 aromatic heterocycles. The van der Waals surface area contributed by atoms with E-state index in [0.29, 0.717) is 42.1 Å². The molecule has 8 heteroatoms. The lowest BCUT2D eigenvalue weighted by Gasteiger charge is -2.39. The number of nitrogens with one attached hydrogen (secondary N) is 2. The summed E-state index contributed by atoms with van der Waals surface area (Å²) in [6.45, 7) is 7.47. The first-order valence-electron chi connectivity index (χ1n) is 8.64. The van der Waals surface area contributed by atoms with Crippen LogP contribution in [0, 0.1) is 5.92 Å².